The Labute approximate surface area is 159 Å². The predicted octanol–water partition coefficient (Wildman–Crippen LogP) is 2.95. The highest BCUT2D eigenvalue weighted by molar-refractivity contribution is 7.98. The van der Waals surface area contributed by atoms with Crippen molar-refractivity contribution < 1.29 is 4.92 Å². The van der Waals surface area contributed by atoms with Crippen molar-refractivity contribution in [2.75, 3.05) is 11.3 Å². The summed E-state index contributed by atoms with van der Waals surface area (Å²) in [7, 11) is 0. The Balaban J connectivity index is 1.58. The van der Waals surface area contributed by atoms with Crippen LogP contribution in [-0.4, -0.2) is 26.0 Å². The van der Waals surface area contributed by atoms with Gasteiger partial charge in [-0.3, -0.25) is 10.1 Å². The molecule has 3 rings (SSSR count). The summed E-state index contributed by atoms with van der Waals surface area (Å²) in [5.74, 6) is 7.00. The Morgan fingerprint density at radius 1 is 1.22 bits per heavy atom. The van der Waals surface area contributed by atoms with Gasteiger partial charge >= 0.3 is 0 Å². The van der Waals surface area contributed by atoms with Crippen LogP contribution in [0.1, 0.15) is 16.7 Å². The third-order valence-corrected chi connectivity index (χ3v) is 4.65. The number of non-ortho nitro benzene ring substituents is 1. The van der Waals surface area contributed by atoms with Crippen molar-refractivity contribution in [1.82, 2.24) is 14.9 Å². The van der Waals surface area contributed by atoms with Crippen molar-refractivity contribution in [3.05, 3.63) is 75.3 Å². The first kappa shape index (κ1) is 18.4. The summed E-state index contributed by atoms with van der Waals surface area (Å²) in [5, 5.41) is 23.2. The molecule has 10 heteroatoms. The van der Waals surface area contributed by atoms with Crippen LogP contribution in [0.3, 0.4) is 0 Å². The van der Waals surface area contributed by atoms with Crippen molar-refractivity contribution in [2.45, 2.75) is 17.8 Å². The van der Waals surface area contributed by atoms with Crippen LogP contribution in [0, 0.1) is 17.0 Å². The third-order valence-electron chi connectivity index (χ3n) is 3.64. The lowest BCUT2D eigenvalue weighted by Gasteiger charge is -2.03. The number of nitrogen functional groups attached to an aromatic ring is 1. The number of rotatable bonds is 7. The van der Waals surface area contributed by atoms with E-state index < -0.39 is 4.92 Å². The normalized spacial score (nSPS) is 11.0. The van der Waals surface area contributed by atoms with Gasteiger partial charge in [0.2, 0.25) is 5.16 Å². The van der Waals surface area contributed by atoms with Crippen LogP contribution < -0.4 is 11.3 Å². The number of nitrogens with one attached hydrogen (secondary N) is 1. The first-order chi connectivity index (χ1) is 13.0. The zero-order chi connectivity index (χ0) is 19.2. The molecule has 0 atom stereocenters. The number of nitrogens with zero attached hydrogens (tertiary/aromatic N) is 5. The number of nitro groups is 1. The molecule has 0 amide bonds. The summed E-state index contributed by atoms with van der Waals surface area (Å²) < 4.78 is 1.33. The van der Waals surface area contributed by atoms with Crippen LogP contribution in [0.4, 0.5) is 11.6 Å². The van der Waals surface area contributed by atoms with Crippen LogP contribution in [0.2, 0.25) is 0 Å². The molecular formula is C17H17N7O2S. The molecule has 0 fully saturated rings. The number of hydrazone groups is 1. The van der Waals surface area contributed by atoms with E-state index in [0.29, 0.717) is 16.7 Å². The van der Waals surface area contributed by atoms with E-state index in [1.807, 2.05) is 6.92 Å². The highest BCUT2D eigenvalue weighted by Crippen LogP contribution is 2.21. The molecule has 2 aromatic carbocycles. The van der Waals surface area contributed by atoms with Crippen molar-refractivity contribution in [2.24, 2.45) is 5.10 Å². The van der Waals surface area contributed by atoms with Gasteiger partial charge in [0, 0.05) is 17.9 Å². The van der Waals surface area contributed by atoms with Gasteiger partial charge < -0.3 is 5.84 Å². The van der Waals surface area contributed by atoms with Gasteiger partial charge in [-0.05, 0) is 30.2 Å². The second-order valence-electron chi connectivity index (χ2n) is 5.67. The second-order valence-corrected chi connectivity index (χ2v) is 6.61. The number of thioether (sulfide) groups is 1. The summed E-state index contributed by atoms with van der Waals surface area (Å²) >= 11 is 1.47. The minimum absolute atomic E-state index is 0.0250. The quantitative estimate of drug-likeness (QED) is 0.211. The number of hydrogen-bond donors (Lipinski definition) is 2. The lowest BCUT2D eigenvalue weighted by molar-refractivity contribution is -0.384. The van der Waals surface area contributed by atoms with E-state index in [2.05, 4.69) is 45.0 Å². The minimum atomic E-state index is -0.453. The molecule has 0 bridgehead atoms. The van der Waals surface area contributed by atoms with E-state index in [4.69, 9.17) is 5.84 Å². The van der Waals surface area contributed by atoms with Crippen LogP contribution in [-0.2, 0) is 5.75 Å². The number of hydrogen-bond acceptors (Lipinski definition) is 8. The zero-order valence-corrected chi connectivity index (χ0v) is 15.3. The van der Waals surface area contributed by atoms with E-state index in [1.165, 1.54) is 45.9 Å². The molecule has 0 radical (unpaired) electrons. The fraction of sp³-hybridized carbons (Fsp3) is 0.118. The lowest BCUT2D eigenvalue weighted by Crippen LogP contribution is -2.13. The maximum absolute atomic E-state index is 10.6. The number of aryl methyl sites for hydroxylation is 1. The van der Waals surface area contributed by atoms with E-state index in [-0.39, 0.29) is 5.69 Å². The molecule has 0 spiro atoms. The summed E-state index contributed by atoms with van der Waals surface area (Å²) in [5.41, 5.74) is 5.81. The molecule has 0 aliphatic carbocycles. The van der Waals surface area contributed by atoms with Gasteiger partial charge in [-0.2, -0.15) is 5.10 Å². The van der Waals surface area contributed by atoms with Gasteiger partial charge in [0.05, 0.1) is 11.1 Å². The standard InChI is InChI=1S/C17H17N7O2S/c1-12-2-4-14(5-3-12)11-27-17-22-21-16(23(17)18)20-19-10-13-6-8-15(9-7-13)24(25)26/h2-10H,11,18H2,1H3,(H,20,21)/b19-10+. The molecule has 0 saturated heterocycles. The van der Waals surface area contributed by atoms with Crippen LogP contribution in [0.5, 0.6) is 0 Å². The lowest BCUT2D eigenvalue weighted by atomic mass is 10.2. The highest BCUT2D eigenvalue weighted by Gasteiger charge is 2.09. The average molecular weight is 383 g/mol. The predicted molar refractivity (Wildman–Crippen MR) is 105 cm³/mol. The highest BCUT2D eigenvalue weighted by atomic mass is 32.2. The first-order valence-corrected chi connectivity index (χ1v) is 8.94. The van der Waals surface area contributed by atoms with Gasteiger partial charge in [0.1, 0.15) is 0 Å². The molecule has 1 heterocycles. The van der Waals surface area contributed by atoms with Crippen molar-refractivity contribution in [3.8, 4) is 0 Å². The monoisotopic (exact) mass is 383 g/mol. The van der Waals surface area contributed by atoms with E-state index in [1.54, 1.807) is 12.1 Å². The van der Waals surface area contributed by atoms with Gasteiger partial charge in [-0.15, -0.1) is 10.2 Å². The maximum Gasteiger partial charge on any atom is 0.269 e. The molecule has 0 aliphatic rings. The van der Waals surface area contributed by atoms with Gasteiger partial charge in [-0.25, -0.2) is 10.1 Å². The van der Waals surface area contributed by atoms with Crippen LogP contribution in [0.25, 0.3) is 0 Å². The summed E-state index contributed by atoms with van der Waals surface area (Å²) in [6.07, 6.45) is 1.51. The number of benzene rings is 2. The molecule has 27 heavy (non-hydrogen) atoms. The summed E-state index contributed by atoms with van der Waals surface area (Å²) in [6, 6.07) is 14.3. The summed E-state index contributed by atoms with van der Waals surface area (Å²) in [4.78, 5) is 10.2. The Bertz CT molecular complexity index is 952. The molecular weight excluding hydrogens is 366 g/mol. The Morgan fingerprint density at radius 3 is 2.59 bits per heavy atom. The topological polar surface area (TPSA) is 124 Å². The second kappa shape index (κ2) is 8.32. The van der Waals surface area contributed by atoms with Crippen molar-refractivity contribution in [1.29, 1.82) is 0 Å². The number of anilines is 1. The zero-order valence-electron chi connectivity index (χ0n) is 14.4. The fourth-order valence-corrected chi connectivity index (χ4v) is 2.94. The van der Waals surface area contributed by atoms with Gasteiger partial charge in [-0.1, -0.05) is 41.6 Å². The summed E-state index contributed by atoms with van der Waals surface area (Å²) in [6.45, 7) is 2.04. The van der Waals surface area contributed by atoms with E-state index in [0.717, 1.165) is 5.75 Å². The first-order valence-electron chi connectivity index (χ1n) is 7.95. The van der Waals surface area contributed by atoms with Gasteiger partial charge in [0.25, 0.3) is 11.6 Å². The fourth-order valence-electron chi connectivity index (χ4n) is 2.13. The van der Waals surface area contributed by atoms with Crippen LogP contribution in [0.15, 0.2) is 58.8 Å². The smallest absolute Gasteiger partial charge is 0.269 e. The third kappa shape index (κ3) is 4.82. The molecule has 3 aromatic rings. The van der Waals surface area contributed by atoms with Crippen molar-refractivity contribution in [3.63, 3.8) is 0 Å². The maximum atomic E-state index is 10.6. The Hall–Kier alpha value is -3.40. The molecule has 9 nitrogen and oxygen atoms in total. The van der Waals surface area contributed by atoms with E-state index >= 15 is 0 Å². The molecule has 0 saturated carbocycles. The number of nitro benzene ring substituents is 1. The largest absolute Gasteiger partial charge is 0.334 e. The Kier molecular flexibility index (Phi) is 5.67. The molecule has 0 unspecified atom stereocenters. The SMILES string of the molecule is Cc1ccc(CSc2nnc(N/N=C/c3ccc([N+](=O)[O-])cc3)n2N)cc1. The number of nitrogens with two attached hydrogens (primary N) is 1. The average Bonchev–Trinajstić information content (AvgIpc) is 3.02. The van der Waals surface area contributed by atoms with Crippen LogP contribution >= 0.6 is 11.8 Å². The molecule has 3 N–H and O–H groups in total. The molecule has 0 aliphatic heterocycles. The van der Waals surface area contributed by atoms with Gasteiger partial charge in [0.15, 0.2) is 0 Å². The molecule has 1 aromatic heterocycles. The van der Waals surface area contributed by atoms with E-state index in [9.17, 15) is 10.1 Å². The minimum Gasteiger partial charge on any atom is -0.334 e. The number of aromatic nitrogens is 3. The molecule has 138 valence electrons. The Morgan fingerprint density at radius 2 is 1.93 bits per heavy atom. The van der Waals surface area contributed by atoms with Crippen molar-refractivity contribution >= 4 is 29.6 Å².